The number of nitrogens with one attached hydrogen (secondary N) is 1. The first kappa shape index (κ1) is 20.4. The molecule has 1 fully saturated rings. The number of rotatable bonds is 5. The highest BCUT2D eigenvalue weighted by Gasteiger charge is 2.22. The zero-order chi connectivity index (χ0) is 21.1. The van der Waals surface area contributed by atoms with Crippen molar-refractivity contribution in [3.63, 3.8) is 0 Å². The average molecular weight is 456 g/mol. The molecule has 1 aliphatic heterocycles. The SMILES string of the molecule is O=C1NC(=S)S/C1=C\c1ccc(-c2ccc(C(=O)OCc3ccccc3Cl)cc2)o1. The summed E-state index contributed by atoms with van der Waals surface area (Å²) in [6, 6.07) is 17.7. The van der Waals surface area contributed by atoms with E-state index in [2.05, 4.69) is 5.32 Å². The van der Waals surface area contributed by atoms with Crippen LogP contribution in [0.4, 0.5) is 0 Å². The first-order valence-electron chi connectivity index (χ1n) is 8.85. The van der Waals surface area contributed by atoms with Crippen molar-refractivity contribution in [2.45, 2.75) is 6.61 Å². The Morgan fingerprint density at radius 1 is 1.13 bits per heavy atom. The van der Waals surface area contributed by atoms with Crippen molar-refractivity contribution in [2.75, 3.05) is 0 Å². The molecule has 0 atom stereocenters. The maximum absolute atomic E-state index is 12.3. The Balaban J connectivity index is 1.42. The van der Waals surface area contributed by atoms with Crippen LogP contribution < -0.4 is 5.32 Å². The second kappa shape index (κ2) is 8.87. The van der Waals surface area contributed by atoms with Crippen molar-refractivity contribution in [1.29, 1.82) is 0 Å². The molecule has 0 unspecified atom stereocenters. The highest BCUT2D eigenvalue weighted by atomic mass is 35.5. The summed E-state index contributed by atoms with van der Waals surface area (Å²) in [7, 11) is 0. The van der Waals surface area contributed by atoms with Gasteiger partial charge in [-0.2, -0.15) is 0 Å². The number of esters is 1. The molecular formula is C22H14ClNO4S2. The number of halogens is 1. The lowest BCUT2D eigenvalue weighted by Gasteiger charge is -2.07. The van der Waals surface area contributed by atoms with Gasteiger partial charge in [0.15, 0.2) is 0 Å². The number of thioether (sulfide) groups is 1. The van der Waals surface area contributed by atoms with Crippen LogP contribution in [0.3, 0.4) is 0 Å². The summed E-state index contributed by atoms with van der Waals surface area (Å²) in [5, 5.41) is 3.12. The Morgan fingerprint density at radius 3 is 2.60 bits per heavy atom. The van der Waals surface area contributed by atoms with Crippen LogP contribution in [0.15, 0.2) is 70.0 Å². The third kappa shape index (κ3) is 4.64. The fraction of sp³-hybridized carbons (Fsp3) is 0.0455. The van der Waals surface area contributed by atoms with E-state index in [0.717, 1.165) is 11.1 Å². The zero-order valence-electron chi connectivity index (χ0n) is 15.4. The molecule has 1 N–H and O–H groups in total. The highest BCUT2D eigenvalue weighted by Crippen LogP contribution is 2.29. The monoisotopic (exact) mass is 455 g/mol. The number of ether oxygens (including phenoxy) is 1. The Bertz CT molecular complexity index is 1170. The molecule has 1 saturated heterocycles. The van der Waals surface area contributed by atoms with E-state index in [9.17, 15) is 9.59 Å². The fourth-order valence-electron chi connectivity index (χ4n) is 2.75. The van der Waals surface area contributed by atoms with Gasteiger partial charge in [0.2, 0.25) is 0 Å². The molecule has 5 nitrogen and oxygen atoms in total. The van der Waals surface area contributed by atoms with Crippen LogP contribution in [0.1, 0.15) is 21.7 Å². The molecule has 30 heavy (non-hydrogen) atoms. The molecule has 2 aromatic carbocycles. The molecule has 2 heterocycles. The van der Waals surface area contributed by atoms with E-state index in [1.54, 1.807) is 48.5 Å². The lowest BCUT2D eigenvalue weighted by atomic mass is 10.1. The van der Waals surface area contributed by atoms with Crippen LogP contribution in [0.5, 0.6) is 0 Å². The quantitative estimate of drug-likeness (QED) is 0.313. The summed E-state index contributed by atoms with van der Waals surface area (Å²) in [6.45, 7) is 0.103. The topological polar surface area (TPSA) is 68.5 Å². The lowest BCUT2D eigenvalue weighted by Crippen LogP contribution is -2.17. The molecule has 1 aromatic heterocycles. The van der Waals surface area contributed by atoms with Crippen molar-refractivity contribution in [3.8, 4) is 11.3 Å². The molecular weight excluding hydrogens is 442 g/mol. The van der Waals surface area contributed by atoms with E-state index in [4.69, 9.17) is 33.0 Å². The fourth-order valence-corrected chi connectivity index (χ4v) is 3.96. The number of hydrogen-bond donors (Lipinski definition) is 1. The van der Waals surface area contributed by atoms with Crippen molar-refractivity contribution in [3.05, 3.63) is 87.5 Å². The molecule has 1 aliphatic rings. The van der Waals surface area contributed by atoms with E-state index < -0.39 is 5.97 Å². The molecule has 4 rings (SSSR count). The van der Waals surface area contributed by atoms with E-state index >= 15 is 0 Å². The zero-order valence-corrected chi connectivity index (χ0v) is 17.8. The number of furan rings is 1. The Kier molecular flexibility index (Phi) is 6.03. The van der Waals surface area contributed by atoms with E-state index in [1.807, 2.05) is 18.2 Å². The smallest absolute Gasteiger partial charge is 0.338 e. The second-order valence-electron chi connectivity index (χ2n) is 6.30. The van der Waals surface area contributed by atoms with Gasteiger partial charge in [-0.05, 0) is 30.3 Å². The average Bonchev–Trinajstić information content (AvgIpc) is 3.33. The maximum Gasteiger partial charge on any atom is 0.338 e. The van der Waals surface area contributed by atoms with Gasteiger partial charge < -0.3 is 14.5 Å². The van der Waals surface area contributed by atoms with Gasteiger partial charge in [0.05, 0.1) is 10.5 Å². The summed E-state index contributed by atoms with van der Waals surface area (Å²) >= 11 is 12.2. The van der Waals surface area contributed by atoms with Gasteiger partial charge in [0.1, 0.15) is 22.4 Å². The van der Waals surface area contributed by atoms with Crippen molar-refractivity contribution in [1.82, 2.24) is 5.32 Å². The number of benzene rings is 2. The Morgan fingerprint density at radius 2 is 1.90 bits per heavy atom. The van der Waals surface area contributed by atoms with Crippen LogP contribution in [-0.2, 0) is 16.1 Å². The van der Waals surface area contributed by atoms with Gasteiger partial charge in [-0.15, -0.1) is 0 Å². The van der Waals surface area contributed by atoms with E-state index in [-0.39, 0.29) is 12.5 Å². The standard InChI is InChI=1S/C22H14ClNO4S2/c23-17-4-2-1-3-15(17)12-27-21(26)14-7-5-13(6-8-14)18-10-9-16(28-18)11-19-20(25)24-22(29)30-19/h1-11H,12H2,(H,24,25,29)/b19-11-. The lowest BCUT2D eigenvalue weighted by molar-refractivity contribution is -0.115. The summed E-state index contributed by atoms with van der Waals surface area (Å²) in [5.41, 5.74) is 1.96. The van der Waals surface area contributed by atoms with Gasteiger partial charge in [-0.3, -0.25) is 4.79 Å². The first-order chi connectivity index (χ1) is 14.5. The third-order valence-electron chi connectivity index (χ3n) is 4.26. The third-order valence-corrected chi connectivity index (χ3v) is 5.80. The largest absolute Gasteiger partial charge is 0.457 e. The minimum Gasteiger partial charge on any atom is -0.457 e. The minimum absolute atomic E-state index is 0.103. The number of amides is 1. The summed E-state index contributed by atoms with van der Waals surface area (Å²) in [6.07, 6.45) is 1.64. The first-order valence-corrected chi connectivity index (χ1v) is 10.5. The maximum atomic E-state index is 12.3. The molecule has 150 valence electrons. The summed E-state index contributed by atoms with van der Waals surface area (Å²) in [4.78, 5) is 24.5. The molecule has 0 saturated carbocycles. The molecule has 1 amide bonds. The van der Waals surface area contributed by atoms with Gasteiger partial charge >= 0.3 is 5.97 Å². The Hall–Kier alpha value is -2.87. The summed E-state index contributed by atoms with van der Waals surface area (Å²) < 4.78 is 11.5. The predicted octanol–water partition coefficient (Wildman–Crippen LogP) is 5.45. The van der Waals surface area contributed by atoms with Crippen LogP contribution in [0.25, 0.3) is 17.4 Å². The van der Waals surface area contributed by atoms with Gasteiger partial charge in [-0.25, -0.2) is 4.79 Å². The van der Waals surface area contributed by atoms with Crippen molar-refractivity contribution >= 4 is 57.9 Å². The van der Waals surface area contributed by atoms with Crippen molar-refractivity contribution < 1.29 is 18.7 Å². The normalized spacial score (nSPS) is 14.8. The number of hydrogen-bond acceptors (Lipinski definition) is 6. The molecule has 0 bridgehead atoms. The Labute approximate surface area is 187 Å². The number of carbonyl (C=O) groups is 2. The van der Waals surface area contributed by atoms with Crippen LogP contribution in [0.2, 0.25) is 5.02 Å². The number of thiocarbonyl (C=S) groups is 1. The minimum atomic E-state index is -0.438. The van der Waals surface area contributed by atoms with Gasteiger partial charge in [0, 0.05) is 22.2 Å². The number of carbonyl (C=O) groups excluding carboxylic acids is 2. The molecule has 0 spiro atoms. The summed E-state index contributed by atoms with van der Waals surface area (Å²) in [5.74, 6) is 0.480. The van der Waals surface area contributed by atoms with Gasteiger partial charge in [0.25, 0.3) is 5.91 Å². The highest BCUT2D eigenvalue weighted by molar-refractivity contribution is 8.26. The predicted molar refractivity (Wildman–Crippen MR) is 121 cm³/mol. The van der Waals surface area contributed by atoms with Crippen LogP contribution in [0, 0.1) is 0 Å². The van der Waals surface area contributed by atoms with Crippen molar-refractivity contribution in [2.24, 2.45) is 0 Å². The molecule has 3 aromatic rings. The molecule has 8 heteroatoms. The van der Waals surface area contributed by atoms with Crippen LogP contribution >= 0.6 is 35.6 Å². The van der Waals surface area contributed by atoms with Crippen LogP contribution in [-0.4, -0.2) is 16.2 Å². The van der Waals surface area contributed by atoms with Gasteiger partial charge in [-0.1, -0.05) is 65.9 Å². The van der Waals surface area contributed by atoms with E-state index in [1.165, 1.54) is 11.8 Å². The molecule has 0 aliphatic carbocycles. The molecule has 0 radical (unpaired) electrons. The second-order valence-corrected chi connectivity index (χ2v) is 8.43. The van der Waals surface area contributed by atoms with E-state index in [0.29, 0.717) is 31.3 Å².